The van der Waals surface area contributed by atoms with Gasteiger partial charge in [-0.2, -0.15) is 18.4 Å². The van der Waals surface area contributed by atoms with Crippen molar-refractivity contribution >= 4 is 11.6 Å². The monoisotopic (exact) mass is 219 g/mol. The van der Waals surface area contributed by atoms with Crippen LogP contribution in [0.25, 0.3) is 0 Å². The fourth-order valence-electron chi connectivity index (χ4n) is 1.03. The van der Waals surface area contributed by atoms with E-state index in [0.717, 1.165) is 12.1 Å². The standard InChI is InChI=1S/C9H5ClF3N/c1-5-6(4-14)2-3-7(8(5)10)9(11,12)13/h2-3H,1H3. The molecule has 0 N–H and O–H groups in total. The Hall–Kier alpha value is -1.21. The van der Waals surface area contributed by atoms with Gasteiger partial charge in [0.05, 0.1) is 22.2 Å². The van der Waals surface area contributed by atoms with Gasteiger partial charge in [0, 0.05) is 0 Å². The van der Waals surface area contributed by atoms with Crippen molar-refractivity contribution in [2.45, 2.75) is 13.1 Å². The minimum atomic E-state index is -4.48. The van der Waals surface area contributed by atoms with Crippen molar-refractivity contribution in [3.8, 4) is 6.07 Å². The lowest BCUT2D eigenvalue weighted by Gasteiger charge is -2.10. The van der Waals surface area contributed by atoms with E-state index in [1.807, 2.05) is 0 Å². The second kappa shape index (κ2) is 3.50. The lowest BCUT2D eigenvalue weighted by molar-refractivity contribution is -0.137. The molecule has 0 aliphatic heterocycles. The second-order valence-electron chi connectivity index (χ2n) is 2.71. The molecule has 0 saturated carbocycles. The molecule has 1 aromatic rings. The Morgan fingerprint density at radius 2 is 1.93 bits per heavy atom. The lowest BCUT2D eigenvalue weighted by Crippen LogP contribution is -2.07. The molecule has 0 unspecified atom stereocenters. The van der Waals surface area contributed by atoms with Crippen LogP contribution in [0.5, 0.6) is 0 Å². The van der Waals surface area contributed by atoms with Crippen LogP contribution in [0.15, 0.2) is 12.1 Å². The van der Waals surface area contributed by atoms with E-state index in [1.165, 1.54) is 6.92 Å². The Balaban J connectivity index is 3.41. The Morgan fingerprint density at radius 3 is 2.36 bits per heavy atom. The van der Waals surface area contributed by atoms with Crippen molar-refractivity contribution in [3.05, 3.63) is 33.8 Å². The van der Waals surface area contributed by atoms with Gasteiger partial charge in [0.1, 0.15) is 0 Å². The molecule has 0 fully saturated rings. The third kappa shape index (κ3) is 1.83. The number of nitrogens with zero attached hydrogens (tertiary/aromatic N) is 1. The first-order valence-corrected chi connectivity index (χ1v) is 4.02. The zero-order chi connectivity index (χ0) is 10.9. The highest BCUT2D eigenvalue weighted by Gasteiger charge is 2.33. The first-order chi connectivity index (χ1) is 6.38. The zero-order valence-corrected chi connectivity index (χ0v) is 7.87. The summed E-state index contributed by atoms with van der Waals surface area (Å²) in [5, 5.41) is 8.14. The van der Waals surface area contributed by atoms with Gasteiger partial charge in [0.2, 0.25) is 0 Å². The number of nitriles is 1. The molecule has 0 heterocycles. The molecule has 0 amide bonds. The van der Waals surface area contributed by atoms with Gasteiger partial charge in [0.15, 0.2) is 0 Å². The van der Waals surface area contributed by atoms with Crippen molar-refractivity contribution in [1.29, 1.82) is 5.26 Å². The molecule has 0 bridgehead atoms. The number of alkyl halides is 3. The summed E-state index contributed by atoms with van der Waals surface area (Å²) in [7, 11) is 0. The van der Waals surface area contributed by atoms with Gasteiger partial charge in [-0.05, 0) is 24.6 Å². The van der Waals surface area contributed by atoms with Crippen LogP contribution in [0, 0.1) is 18.3 Å². The first-order valence-electron chi connectivity index (χ1n) is 3.64. The van der Waals surface area contributed by atoms with E-state index in [9.17, 15) is 13.2 Å². The van der Waals surface area contributed by atoms with Crippen molar-refractivity contribution in [2.24, 2.45) is 0 Å². The minimum absolute atomic E-state index is 0.156. The van der Waals surface area contributed by atoms with Crippen LogP contribution in [0.4, 0.5) is 13.2 Å². The molecule has 0 aromatic heterocycles. The summed E-state index contributed by atoms with van der Waals surface area (Å²) in [6, 6.07) is 3.69. The van der Waals surface area contributed by atoms with E-state index in [-0.39, 0.29) is 11.1 Å². The average Bonchev–Trinajstić information content (AvgIpc) is 2.07. The maximum Gasteiger partial charge on any atom is 0.417 e. The molecule has 0 atom stereocenters. The highest BCUT2D eigenvalue weighted by atomic mass is 35.5. The molecule has 0 aliphatic rings. The third-order valence-corrected chi connectivity index (χ3v) is 2.30. The quantitative estimate of drug-likeness (QED) is 0.655. The molecule has 1 rings (SSSR count). The van der Waals surface area contributed by atoms with Crippen molar-refractivity contribution in [2.75, 3.05) is 0 Å². The van der Waals surface area contributed by atoms with Crippen LogP contribution < -0.4 is 0 Å². The predicted octanol–water partition coefficient (Wildman–Crippen LogP) is 3.54. The van der Waals surface area contributed by atoms with Crippen LogP contribution in [-0.2, 0) is 6.18 Å². The predicted molar refractivity (Wildman–Crippen MR) is 45.9 cm³/mol. The summed E-state index contributed by atoms with van der Waals surface area (Å²) in [5.41, 5.74) is -0.595. The number of hydrogen-bond donors (Lipinski definition) is 0. The molecule has 5 heteroatoms. The van der Waals surface area contributed by atoms with E-state index in [2.05, 4.69) is 0 Å². The molecule has 1 aromatic carbocycles. The van der Waals surface area contributed by atoms with E-state index in [4.69, 9.17) is 16.9 Å². The van der Waals surface area contributed by atoms with E-state index >= 15 is 0 Å². The van der Waals surface area contributed by atoms with Gasteiger partial charge in [-0.15, -0.1) is 0 Å². The minimum Gasteiger partial charge on any atom is -0.192 e. The normalized spacial score (nSPS) is 11.1. The van der Waals surface area contributed by atoms with Crippen LogP contribution in [0.1, 0.15) is 16.7 Å². The van der Waals surface area contributed by atoms with E-state index < -0.39 is 16.8 Å². The average molecular weight is 220 g/mol. The van der Waals surface area contributed by atoms with E-state index in [1.54, 1.807) is 6.07 Å². The summed E-state index contributed by atoms with van der Waals surface area (Å²) in [5.74, 6) is 0. The second-order valence-corrected chi connectivity index (χ2v) is 3.09. The van der Waals surface area contributed by atoms with Gasteiger partial charge in [-0.3, -0.25) is 0 Å². The highest BCUT2D eigenvalue weighted by molar-refractivity contribution is 6.32. The topological polar surface area (TPSA) is 23.8 Å². The smallest absolute Gasteiger partial charge is 0.192 e. The maximum atomic E-state index is 12.3. The molecule has 0 radical (unpaired) electrons. The first kappa shape index (κ1) is 10.9. The van der Waals surface area contributed by atoms with Crippen LogP contribution >= 0.6 is 11.6 Å². The Labute approximate surface area is 83.7 Å². The number of halogens is 4. The van der Waals surface area contributed by atoms with Crippen molar-refractivity contribution in [1.82, 2.24) is 0 Å². The van der Waals surface area contributed by atoms with E-state index in [0.29, 0.717) is 0 Å². The zero-order valence-electron chi connectivity index (χ0n) is 7.11. The Bertz CT molecular complexity index is 404. The fraction of sp³-hybridized carbons (Fsp3) is 0.222. The van der Waals surface area contributed by atoms with Crippen LogP contribution in [-0.4, -0.2) is 0 Å². The van der Waals surface area contributed by atoms with Gasteiger partial charge < -0.3 is 0 Å². The maximum absolute atomic E-state index is 12.3. The Kier molecular flexibility index (Phi) is 2.72. The van der Waals surface area contributed by atoms with Gasteiger partial charge in [-0.1, -0.05) is 11.6 Å². The fourth-order valence-corrected chi connectivity index (χ4v) is 1.30. The van der Waals surface area contributed by atoms with Crippen LogP contribution in [0.2, 0.25) is 5.02 Å². The molecular formula is C9H5ClF3N. The summed E-state index contributed by atoms with van der Waals surface area (Å²) < 4.78 is 36.9. The Morgan fingerprint density at radius 1 is 1.36 bits per heavy atom. The van der Waals surface area contributed by atoms with Crippen molar-refractivity contribution < 1.29 is 13.2 Å². The molecule has 14 heavy (non-hydrogen) atoms. The lowest BCUT2D eigenvalue weighted by atomic mass is 10.1. The van der Waals surface area contributed by atoms with Gasteiger partial charge in [-0.25, -0.2) is 0 Å². The van der Waals surface area contributed by atoms with Crippen LogP contribution in [0.3, 0.4) is 0 Å². The SMILES string of the molecule is Cc1c(C#N)ccc(C(F)(F)F)c1Cl. The number of hydrogen-bond acceptors (Lipinski definition) is 1. The molecular weight excluding hydrogens is 215 g/mol. The molecule has 74 valence electrons. The van der Waals surface area contributed by atoms with Crippen molar-refractivity contribution in [3.63, 3.8) is 0 Å². The molecule has 1 nitrogen and oxygen atoms in total. The summed E-state index contributed by atoms with van der Waals surface area (Å²) in [4.78, 5) is 0. The summed E-state index contributed by atoms with van der Waals surface area (Å²) in [6.45, 7) is 1.39. The van der Waals surface area contributed by atoms with Gasteiger partial charge >= 0.3 is 6.18 Å². The molecule has 0 aliphatic carbocycles. The number of rotatable bonds is 0. The molecule has 0 saturated heterocycles. The summed E-state index contributed by atoms with van der Waals surface area (Å²) in [6.07, 6.45) is -4.48. The molecule has 0 spiro atoms. The third-order valence-electron chi connectivity index (χ3n) is 1.81. The highest BCUT2D eigenvalue weighted by Crippen LogP contribution is 2.36. The largest absolute Gasteiger partial charge is 0.417 e. The summed E-state index contributed by atoms with van der Waals surface area (Å²) >= 11 is 5.49. The number of benzene rings is 1. The van der Waals surface area contributed by atoms with Gasteiger partial charge in [0.25, 0.3) is 0 Å².